The zero-order chi connectivity index (χ0) is 11.3. The van der Waals surface area contributed by atoms with E-state index in [-0.39, 0.29) is 0 Å². The number of thiazole rings is 1. The third-order valence-corrected chi connectivity index (χ3v) is 3.19. The van der Waals surface area contributed by atoms with Gasteiger partial charge in [-0.1, -0.05) is 26.3 Å². The number of aromatic nitrogens is 1. The molecule has 84 valence electrons. The van der Waals surface area contributed by atoms with E-state index < -0.39 is 0 Å². The second-order valence-corrected chi connectivity index (χ2v) is 4.88. The van der Waals surface area contributed by atoms with E-state index in [9.17, 15) is 0 Å². The molecule has 3 heteroatoms. The molecule has 0 unspecified atom stereocenters. The van der Waals surface area contributed by atoms with Crippen molar-refractivity contribution in [1.29, 1.82) is 0 Å². The van der Waals surface area contributed by atoms with Crippen LogP contribution in [-0.4, -0.2) is 17.6 Å². The third kappa shape index (κ3) is 4.14. The highest BCUT2D eigenvalue weighted by Crippen LogP contribution is 2.17. The van der Waals surface area contributed by atoms with Crippen LogP contribution in [0.1, 0.15) is 37.8 Å². The summed E-state index contributed by atoms with van der Waals surface area (Å²) in [4.78, 5) is 5.54. The van der Waals surface area contributed by atoms with Gasteiger partial charge in [0, 0.05) is 17.5 Å². The molecular formula is C12H20N2S. The molecule has 0 aliphatic carbocycles. The van der Waals surface area contributed by atoms with Crippen LogP contribution in [0.2, 0.25) is 0 Å². The zero-order valence-corrected chi connectivity index (χ0v) is 10.8. The standard InChI is InChI=1S/C12H20N2S/c1-5-11(7-13-9(2)3)6-12-10(4)14-8-15-12/h6,8-9,13H,5,7H2,1-4H3. The Kier molecular flexibility index (Phi) is 4.99. The first-order chi connectivity index (χ1) is 7.13. The van der Waals surface area contributed by atoms with Crippen molar-refractivity contribution in [2.24, 2.45) is 0 Å². The molecule has 1 aromatic rings. The fourth-order valence-corrected chi connectivity index (χ4v) is 2.03. The summed E-state index contributed by atoms with van der Waals surface area (Å²) in [6.45, 7) is 9.58. The molecule has 0 aliphatic heterocycles. The molecule has 0 atom stereocenters. The van der Waals surface area contributed by atoms with Crippen LogP contribution in [0, 0.1) is 6.92 Å². The van der Waals surface area contributed by atoms with Gasteiger partial charge in [0.2, 0.25) is 0 Å². The van der Waals surface area contributed by atoms with Gasteiger partial charge in [-0.25, -0.2) is 4.98 Å². The van der Waals surface area contributed by atoms with Crippen molar-refractivity contribution in [2.75, 3.05) is 6.54 Å². The molecule has 0 bridgehead atoms. The quantitative estimate of drug-likeness (QED) is 0.830. The molecule has 0 saturated carbocycles. The second kappa shape index (κ2) is 6.03. The summed E-state index contributed by atoms with van der Waals surface area (Å²) < 4.78 is 0. The fourth-order valence-electron chi connectivity index (χ4n) is 1.25. The van der Waals surface area contributed by atoms with E-state index in [0.29, 0.717) is 6.04 Å². The normalized spacial score (nSPS) is 12.5. The molecule has 1 heterocycles. The SMILES string of the molecule is CCC(=Cc1scnc1C)CNC(C)C. The van der Waals surface area contributed by atoms with Crippen LogP contribution in [0.15, 0.2) is 11.1 Å². The minimum absolute atomic E-state index is 0.544. The highest BCUT2D eigenvalue weighted by molar-refractivity contribution is 7.10. The van der Waals surface area contributed by atoms with Gasteiger partial charge < -0.3 is 5.32 Å². The number of hydrogen-bond acceptors (Lipinski definition) is 3. The van der Waals surface area contributed by atoms with Gasteiger partial charge in [0.15, 0.2) is 0 Å². The number of rotatable bonds is 5. The first-order valence-electron chi connectivity index (χ1n) is 5.46. The number of nitrogens with zero attached hydrogens (tertiary/aromatic N) is 1. The number of hydrogen-bond donors (Lipinski definition) is 1. The van der Waals surface area contributed by atoms with Crippen LogP contribution in [0.3, 0.4) is 0 Å². The maximum absolute atomic E-state index is 4.25. The minimum atomic E-state index is 0.544. The molecule has 1 N–H and O–H groups in total. The summed E-state index contributed by atoms with van der Waals surface area (Å²) in [5.74, 6) is 0. The molecule has 0 radical (unpaired) electrons. The van der Waals surface area contributed by atoms with Gasteiger partial charge in [-0.05, 0) is 19.4 Å². The lowest BCUT2D eigenvalue weighted by molar-refractivity contribution is 0.617. The molecule has 0 amide bonds. The van der Waals surface area contributed by atoms with E-state index >= 15 is 0 Å². The Morgan fingerprint density at radius 3 is 2.80 bits per heavy atom. The number of aryl methyl sites for hydroxylation is 1. The fraction of sp³-hybridized carbons (Fsp3) is 0.583. The smallest absolute Gasteiger partial charge is 0.0801 e. The molecule has 0 saturated heterocycles. The van der Waals surface area contributed by atoms with Crippen LogP contribution >= 0.6 is 11.3 Å². The average molecular weight is 224 g/mol. The molecule has 0 spiro atoms. The van der Waals surface area contributed by atoms with E-state index in [1.807, 2.05) is 5.51 Å². The first-order valence-corrected chi connectivity index (χ1v) is 6.34. The lowest BCUT2D eigenvalue weighted by Gasteiger charge is -2.09. The predicted molar refractivity (Wildman–Crippen MR) is 68.3 cm³/mol. The van der Waals surface area contributed by atoms with E-state index in [1.54, 1.807) is 11.3 Å². The molecule has 2 nitrogen and oxygen atoms in total. The summed E-state index contributed by atoms with van der Waals surface area (Å²) in [6, 6.07) is 0.544. The largest absolute Gasteiger partial charge is 0.311 e. The molecule has 1 aromatic heterocycles. The van der Waals surface area contributed by atoms with Crippen molar-refractivity contribution in [3.05, 3.63) is 21.7 Å². The lowest BCUT2D eigenvalue weighted by Crippen LogP contribution is -2.24. The Balaban J connectivity index is 2.65. The Bertz CT molecular complexity index is 326. The summed E-state index contributed by atoms with van der Waals surface area (Å²) in [6.07, 6.45) is 3.36. The number of nitrogens with one attached hydrogen (secondary N) is 1. The predicted octanol–water partition coefficient (Wildman–Crippen LogP) is 3.24. The Labute approximate surface area is 96.4 Å². The third-order valence-electron chi connectivity index (χ3n) is 2.31. The van der Waals surface area contributed by atoms with Gasteiger partial charge in [0.05, 0.1) is 11.2 Å². The first kappa shape index (κ1) is 12.4. The van der Waals surface area contributed by atoms with Crippen LogP contribution in [-0.2, 0) is 0 Å². The van der Waals surface area contributed by atoms with Crippen molar-refractivity contribution in [1.82, 2.24) is 10.3 Å². The van der Waals surface area contributed by atoms with Gasteiger partial charge >= 0.3 is 0 Å². The summed E-state index contributed by atoms with van der Waals surface area (Å²) in [5, 5.41) is 3.44. The monoisotopic (exact) mass is 224 g/mol. The van der Waals surface area contributed by atoms with Crippen molar-refractivity contribution in [2.45, 2.75) is 40.2 Å². The van der Waals surface area contributed by atoms with Crippen LogP contribution in [0.4, 0.5) is 0 Å². The van der Waals surface area contributed by atoms with E-state index in [2.05, 4.69) is 44.1 Å². The Morgan fingerprint density at radius 1 is 1.60 bits per heavy atom. The summed E-state index contributed by atoms with van der Waals surface area (Å²) in [5.41, 5.74) is 4.48. The van der Waals surface area contributed by atoms with Crippen molar-refractivity contribution < 1.29 is 0 Å². The molecule has 0 aromatic carbocycles. The Morgan fingerprint density at radius 2 is 2.33 bits per heavy atom. The highest BCUT2D eigenvalue weighted by atomic mass is 32.1. The van der Waals surface area contributed by atoms with E-state index in [4.69, 9.17) is 0 Å². The van der Waals surface area contributed by atoms with Crippen molar-refractivity contribution >= 4 is 17.4 Å². The van der Waals surface area contributed by atoms with Crippen LogP contribution < -0.4 is 5.32 Å². The second-order valence-electron chi connectivity index (χ2n) is 3.99. The minimum Gasteiger partial charge on any atom is -0.311 e. The maximum atomic E-state index is 4.25. The van der Waals surface area contributed by atoms with Crippen molar-refractivity contribution in [3.8, 4) is 0 Å². The van der Waals surface area contributed by atoms with E-state index in [1.165, 1.54) is 10.5 Å². The summed E-state index contributed by atoms with van der Waals surface area (Å²) >= 11 is 1.71. The maximum Gasteiger partial charge on any atom is 0.0801 e. The van der Waals surface area contributed by atoms with Crippen LogP contribution in [0.25, 0.3) is 6.08 Å². The summed E-state index contributed by atoms with van der Waals surface area (Å²) in [7, 11) is 0. The highest BCUT2D eigenvalue weighted by Gasteiger charge is 2.01. The topological polar surface area (TPSA) is 24.9 Å². The zero-order valence-electron chi connectivity index (χ0n) is 10.0. The Hall–Kier alpha value is -0.670. The lowest BCUT2D eigenvalue weighted by atomic mass is 10.1. The molecule has 0 aliphatic rings. The van der Waals surface area contributed by atoms with Gasteiger partial charge in [-0.2, -0.15) is 0 Å². The molecule has 0 fully saturated rings. The van der Waals surface area contributed by atoms with Crippen molar-refractivity contribution in [3.63, 3.8) is 0 Å². The van der Waals surface area contributed by atoms with Crippen LogP contribution in [0.5, 0.6) is 0 Å². The van der Waals surface area contributed by atoms with E-state index in [0.717, 1.165) is 18.7 Å². The van der Waals surface area contributed by atoms with Gasteiger partial charge in [0.1, 0.15) is 0 Å². The van der Waals surface area contributed by atoms with Gasteiger partial charge in [-0.15, -0.1) is 11.3 Å². The molecular weight excluding hydrogens is 204 g/mol. The molecule has 1 rings (SSSR count). The van der Waals surface area contributed by atoms with Gasteiger partial charge in [0.25, 0.3) is 0 Å². The average Bonchev–Trinajstić information content (AvgIpc) is 2.58. The molecule has 15 heavy (non-hydrogen) atoms. The van der Waals surface area contributed by atoms with Gasteiger partial charge in [-0.3, -0.25) is 0 Å².